The Kier molecular flexibility index (Phi) is 4.84. The van der Waals surface area contributed by atoms with Crippen molar-refractivity contribution in [3.8, 4) is 0 Å². The highest BCUT2D eigenvalue weighted by Gasteiger charge is 2.80. The lowest BCUT2D eigenvalue weighted by atomic mass is 9.32. The maximum atomic E-state index is 14.4. The Morgan fingerprint density at radius 2 is 1.62 bits per heavy atom. The van der Waals surface area contributed by atoms with Crippen molar-refractivity contribution in [2.24, 2.45) is 50.1 Å². The molecule has 6 heteroatoms. The Labute approximate surface area is 221 Å². The number of ketones is 2. The fraction of sp³-hybridized carbons (Fsp3) is 0.839. The van der Waals surface area contributed by atoms with Gasteiger partial charge in [-0.2, -0.15) is 0 Å². The summed E-state index contributed by atoms with van der Waals surface area (Å²) >= 11 is 0. The van der Waals surface area contributed by atoms with E-state index >= 15 is 0 Å². The molecule has 1 saturated heterocycles. The fourth-order valence-corrected chi connectivity index (χ4v) is 10.6. The minimum absolute atomic E-state index is 0.0451. The van der Waals surface area contributed by atoms with E-state index in [1.165, 1.54) is 7.11 Å². The SMILES string of the molecule is COC(=O)[C@]12CCC(C)(C)CC1C1C(=O)C=C3C4(C)[C@H]5O[C@H]5C(=O)C(C)(C)[C@]4(N)CC[C@@]3(C)[C@]1(C)CC2. The van der Waals surface area contributed by atoms with E-state index < -0.39 is 27.9 Å². The van der Waals surface area contributed by atoms with Crippen molar-refractivity contribution < 1.29 is 23.9 Å². The molecule has 3 unspecified atom stereocenters. The Morgan fingerprint density at radius 1 is 0.973 bits per heavy atom. The van der Waals surface area contributed by atoms with Crippen LogP contribution in [0.2, 0.25) is 0 Å². The van der Waals surface area contributed by atoms with Crippen LogP contribution in [0, 0.1) is 44.3 Å². The van der Waals surface area contributed by atoms with Crippen LogP contribution in [0.1, 0.15) is 93.4 Å². The maximum absolute atomic E-state index is 14.4. The predicted octanol–water partition coefficient (Wildman–Crippen LogP) is 4.78. The van der Waals surface area contributed by atoms with Crippen molar-refractivity contribution in [2.75, 3.05) is 7.11 Å². The largest absolute Gasteiger partial charge is 0.469 e. The highest BCUT2D eigenvalue weighted by molar-refractivity contribution is 5.98. The van der Waals surface area contributed by atoms with Crippen LogP contribution in [-0.2, 0) is 23.9 Å². The van der Waals surface area contributed by atoms with Crippen molar-refractivity contribution in [2.45, 2.75) is 111 Å². The van der Waals surface area contributed by atoms with Crippen LogP contribution >= 0.6 is 0 Å². The van der Waals surface area contributed by atoms with Crippen molar-refractivity contribution in [1.82, 2.24) is 0 Å². The molecular formula is C31H45NO5. The van der Waals surface area contributed by atoms with Gasteiger partial charge in [-0.05, 0) is 78.8 Å². The van der Waals surface area contributed by atoms with Gasteiger partial charge in [-0.15, -0.1) is 0 Å². The first-order chi connectivity index (χ1) is 17.0. The molecule has 37 heavy (non-hydrogen) atoms. The zero-order chi connectivity index (χ0) is 27.2. The van der Waals surface area contributed by atoms with E-state index in [2.05, 4.69) is 34.6 Å². The zero-order valence-corrected chi connectivity index (χ0v) is 24.0. The molecule has 2 N–H and O–H groups in total. The summed E-state index contributed by atoms with van der Waals surface area (Å²) in [5.41, 5.74) is 5.15. The highest BCUT2D eigenvalue weighted by atomic mass is 16.6. The fourth-order valence-electron chi connectivity index (χ4n) is 10.6. The van der Waals surface area contributed by atoms with Gasteiger partial charge in [-0.1, -0.05) is 48.5 Å². The van der Waals surface area contributed by atoms with Crippen LogP contribution in [-0.4, -0.2) is 42.4 Å². The summed E-state index contributed by atoms with van der Waals surface area (Å²) in [6.07, 6.45) is 6.87. The molecule has 0 aromatic carbocycles. The summed E-state index contributed by atoms with van der Waals surface area (Å²) in [4.78, 5) is 41.1. The molecule has 0 aromatic heterocycles. The lowest BCUT2D eigenvalue weighted by Gasteiger charge is -2.71. The summed E-state index contributed by atoms with van der Waals surface area (Å²) in [6, 6.07) is 0. The van der Waals surface area contributed by atoms with Gasteiger partial charge in [-0.3, -0.25) is 14.4 Å². The van der Waals surface area contributed by atoms with Gasteiger partial charge < -0.3 is 15.2 Å². The lowest BCUT2D eigenvalue weighted by Crippen LogP contribution is -2.76. The zero-order valence-electron chi connectivity index (χ0n) is 24.0. The van der Waals surface area contributed by atoms with Crippen molar-refractivity contribution in [3.05, 3.63) is 11.6 Å². The number of hydrogen-bond acceptors (Lipinski definition) is 6. The molecule has 9 atom stereocenters. The first-order valence-corrected chi connectivity index (χ1v) is 14.3. The Hall–Kier alpha value is -1.53. The topological polar surface area (TPSA) is 99.0 Å². The lowest BCUT2D eigenvalue weighted by molar-refractivity contribution is -0.193. The number of rotatable bonds is 1. The molecule has 204 valence electrons. The van der Waals surface area contributed by atoms with Crippen LogP contribution in [0.5, 0.6) is 0 Å². The van der Waals surface area contributed by atoms with Gasteiger partial charge in [0, 0.05) is 22.3 Å². The third kappa shape index (κ3) is 2.63. The molecule has 0 radical (unpaired) electrons. The Morgan fingerprint density at radius 3 is 2.27 bits per heavy atom. The number of Topliss-reactive ketones (excluding diaryl/α,β-unsaturated/α-hetero) is 1. The van der Waals surface area contributed by atoms with Crippen LogP contribution in [0.3, 0.4) is 0 Å². The van der Waals surface area contributed by atoms with Gasteiger partial charge in [0.2, 0.25) is 0 Å². The molecule has 0 spiro atoms. The van der Waals surface area contributed by atoms with E-state index in [1.807, 2.05) is 19.9 Å². The number of carbonyl (C=O) groups excluding carboxylic acids is 3. The van der Waals surface area contributed by atoms with Gasteiger partial charge in [0.1, 0.15) is 12.2 Å². The summed E-state index contributed by atoms with van der Waals surface area (Å²) in [7, 11) is 1.49. The molecule has 5 fully saturated rings. The molecular weight excluding hydrogens is 466 g/mol. The van der Waals surface area contributed by atoms with Gasteiger partial charge >= 0.3 is 5.97 Å². The Balaban J connectivity index is 1.53. The van der Waals surface area contributed by atoms with E-state index in [0.717, 1.165) is 44.1 Å². The van der Waals surface area contributed by atoms with Gasteiger partial charge in [0.25, 0.3) is 0 Å². The van der Waals surface area contributed by atoms with Crippen molar-refractivity contribution in [1.29, 1.82) is 0 Å². The second-order valence-corrected chi connectivity index (χ2v) is 15.5. The Bertz CT molecular complexity index is 1150. The monoisotopic (exact) mass is 511 g/mol. The number of nitrogens with two attached hydrogens (primary N) is 1. The smallest absolute Gasteiger partial charge is 0.312 e. The average molecular weight is 512 g/mol. The molecule has 0 amide bonds. The van der Waals surface area contributed by atoms with Crippen molar-refractivity contribution in [3.63, 3.8) is 0 Å². The average Bonchev–Trinajstić information content (AvgIpc) is 3.63. The third-order valence-corrected chi connectivity index (χ3v) is 13.5. The minimum Gasteiger partial charge on any atom is -0.469 e. The van der Waals surface area contributed by atoms with Gasteiger partial charge in [0.05, 0.1) is 12.5 Å². The van der Waals surface area contributed by atoms with E-state index in [0.29, 0.717) is 6.42 Å². The molecule has 4 saturated carbocycles. The van der Waals surface area contributed by atoms with E-state index in [9.17, 15) is 14.4 Å². The molecule has 6 aliphatic rings. The quantitative estimate of drug-likeness (QED) is 0.402. The molecule has 0 aromatic rings. The van der Waals surface area contributed by atoms with Crippen LogP contribution in [0.15, 0.2) is 11.6 Å². The molecule has 1 aliphatic heterocycles. The molecule has 1 heterocycles. The first kappa shape index (κ1) is 25.7. The highest BCUT2D eigenvalue weighted by Crippen LogP contribution is 2.76. The van der Waals surface area contributed by atoms with Crippen molar-refractivity contribution >= 4 is 17.5 Å². The number of fused-ring (bicyclic) bond motifs is 9. The number of carbonyl (C=O) groups is 3. The van der Waals surface area contributed by atoms with Crippen LogP contribution in [0.25, 0.3) is 0 Å². The second kappa shape index (κ2) is 6.96. The minimum atomic E-state index is -0.791. The number of hydrogen-bond donors (Lipinski definition) is 1. The van der Waals surface area contributed by atoms with Gasteiger partial charge in [0.15, 0.2) is 11.6 Å². The number of allylic oxidation sites excluding steroid dienone is 1. The summed E-state index contributed by atoms with van der Waals surface area (Å²) in [5.74, 6) is -0.199. The molecule has 5 aliphatic carbocycles. The normalized spacial score (nSPS) is 52.9. The third-order valence-electron chi connectivity index (χ3n) is 13.5. The number of methoxy groups -OCH3 is 1. The summed E-state index contributed by atoms with van der Waals surface area (Å²) < 4.78 is 11.5. The number of esters is 1. The molecule has 0 bridgehead atoms. The molecule has 6 rings (SSSR count). The van der Waals surface area contributed by atoms with Crippen LogP contribution in [0.4, 0.5) is 0 Å². The summed E-state index contributed by atoms with van der Waals surface area (Å²) in [6.45, 7) is 15.3. The van der Waals surface area contributed by atoms with E-state index in [1.54, 1.807) is 0 Å². The standard InChI is InChI=1S/C31H45NO5/c1-25(2)9-12-30(24(35)36-8)13-10-28(6)20(17(30)16-25)18(33)15-19-27(28,5)11-14-31(32)26(3,4)22(34)21-23(37-21)29(19,31)7/h15,17,20-21,23H,9-14,16,32H2,1-8H3/t17?,20?,21-,23-,27+,28+,29?,30-,31+/m0/s1. The number of epoxide rings is 1. The summed E-state index contributed by atoms with van der Waals surface area (Å²) in [5, 5.41) is 0. The van der Waals surface area contributed by atoms with Gasteiger partial charge in [-0.25, -0.2) is 0 Å². The first-order valence-electron chi connectivity index (χ1n) is 14.3. The van der Waals surface area contributed by atoms with E-state index in [-0.39, 0.29) is 51.7 Å². The molecule has 6 nitrogen and oxygen atoms in total. The number of ether oxygens (including phenoxy) is 2. The predicted molar refractivity (Wildman–Crippen MR) is 139 cm³/mol. The van der Waals surface area contributed by atoms with E-state index in [4.69, 9.17) is 15.2 Å². The second-order valence-electron chi connectivity index (χ2n) is 15.5. The van der Waals surface area contributed by atoms with Crippen LogP contribution < -0.4 is 5.73 Å². The maximum Gasteiger partial charge on any atom is 0.312 e.